The molecule has 33 heavy (non-hydrogen) atoms. The van der Waals surface area contributed by atoms with E-state index >= 15 is 0 Å². The van der Waals surface area contributed by atoms with Crippen LogP contribution in [0.2, 0.25) is 0 Å². The Morgan fingerprint density at radius 3 is 2.61 bits per heavy atom. The van der Waals surface area contributed by atoms with Gasteiger partial charge < -0.3 is 16.5 Å². The lowest BCUT2D eigenvalue weighted by atomic mass is 10.1. The predicted octanol–water partition coefficient (Wildman–Crippen LogP) is 4.40. The first-order valence-electron chi connectivity index (χ1n) is 10.8. The molecule has 0 unspecified atom stereocenters. The molecule has 0 aliphatic carbocycles. The van der Waals surface area contributed by atoms with Gasteiger partial charge in [0.25, 0.3) is 5.56 Å². The summed E-state index contributed by atoms with van der Waals surface area (Å²) < 4.78 is 1.69. The molecule has 0 aliphatic heterocycles. The lowest BCUT2D eigenvalue weighted by Gasteiger charge is -2.18. The van der Waals surface area contributed by atoms with E-state index in [2.05, 4.69) is 20.3 Å². The van der Waals surface area contributed by atoms with Crippen LogP contribution in [0.3, 0.4) is 0 Å². The molecule has 4 N–H and O–H groups in total. The van der Waals surface area contributed by atoms with Gasteiger partial charge in [0.1, 0.15) is 18.0 Å². The van der Waals surface area contributed by atoms with E-state index in [1.165, 1.54) is 6.33 Å². The van der Waals surface area contributed by atoms with Crippen LogP contribution in [-0.4, -0.2) is 25.2 Å². The van der Waals surface area contributed by atoms with Crippen LogP contribution in [0.1, 0.15) is 43.2 Å². The zero-order valence-corrected chi connectivity index (χ0v) is 19.6. The Bertz CT molecular complexity index is 1380. The van der Waals surface area contributed by atoms with Crippen LogP contribution in [0, 0.1) is 19.3 Å². The molecule has 3 aromatic heterocycles. The molecule has 0 spiro atoms. The van der Waals surface area contributed by atoms with Crippen LogP contribution in [0.5, 0.6) is 0 Å². The molecule has 0 bridgehead atoms. The van der Waals surface area contributed by atoms with Crippen molar-refractivity contribution in [3.8, 4) is 5.69 Å². The van der Waals surface area contributed by atoms with Gasteiger partial charge in [-0.3, -0.25) is 14.3 Å². The minimum absolute atomic E-state index is 0.103. The molecule has 8 heteroatoms. The van der Waals surface area contributed by atoms with Crippen molar-refractivity contribution in [2.24, 2.45) is 0 Å². The first-order valence-corrected chi connectivity index (χ1v) is 10.8. The fraction of sp³-hybridized carbons (Fsp3) is 0.240. The average Bonchev–Trinajstić information content (AvgIpc) is 2.79. The standard InChI is InChI=1S/C23H23N7O.C2H6/c1-13-7-8-26-11-18(13)30-17(9-16-6-4-5-14(2)19(16)23(30)31)10-27-22-20(15(3)24)21(25)28-12-29-22;1-2/h4-9,11-12,24H,10H2,1-3H3,(H3,25,27,28,29);1-2H3. The highest BCUT2D eigenvalue weighted by molar-refractivity contribution is 6.04. The molecule has 0 aliphatic rings. The van der Waals surface area contributed by atoms with Crippen molar-refractivity contribution in [1.82, 2.24) is 19.5 Å². The lowest BCUT2D eigenvalue weighted by Crippen LogP contribution is -2.25. The van der Waals surface area contributed by atoms with Crippen molar-refractivity contribution >= 4 is 28.1 Å². The fourth-order valence-electron chi connectivity index (χ4n) is 3.75. The summed E-state index contributed by atoms with van der Waals surface area (Å²) in [6.45, 7) is 9.81. The zero-order valence-electron chi connectivity index (χ0n) is 19.6. The summed E-state index contributed by atoms with van der Waals surface area (Å²) in [5.41, 5.74) is 9.88. The number of pyridine rings is 2. The number of hydrogen-bond donors (Lipinski definition) is 3. The van der Waals surface area contributed by atoms with E-state index in [4.69, 9.17) is 11.1 Å². The minimum Gasteiger partial charge on any atom is -0.383 e. The largest absolute Gasteiger partial charge is 0.383 e. The number of anilines is 2. The van der Waals surface area contributed by atoms with Crippen LogP contribution in [0.25, 0.3) is 16.5 Å². The first kappa shape index (κ1) is 23.6. The van der Waals surface area contributed by atoms with Gasteiger partial charge in [0, 0.05) is 17.6 Å². The van der Waals surface area contributed by atoms with E-state index in [1.807, 2.05) is 58.0 Å². The second-order valence-corrected chi connectivity index (χ2v) is 7.44. The van der Waals surface area contributed by atoms with Crippen molar-refractivity contribution in [2.45, 2.75) is 41.2 Å². The highest BCUT2D eigenvalue weighted by Gasteiger charge is 2.16. The second kappa shape index (κ2) is 10.0. The molecule has 4 aromatic rings. The lowest BCUT2D eigenvalue weighted by molar-refractivity contribution is 0.877. The molecule has 4 rings (SSSR count). The van der Waals surface area contributed by atoms with Crippen molar-refractivity contribution in [1.29, 1.82) is 5.41 Å². The van der Waals surface area contributed by atoms with E-state index in [-0.39, 0.29) is 17.1 Å². The maximum absolute atomic E-state index is 13.6. The Morgan fingerprint density at radius 2 is 1.91 bits per heavy atom. The molecular formula is C25H29N7O. The Balaban J connectivity index is 0.00000149. The number of hydrogen-bond acceptors (Lipinski definition) is 7. The highest BCUT2D eigenvalue weighted by atomic mass is 16.1. The summed E-state index contributed by atoms with van der Waals surface area (Å²) >= 11 is 0. The normalized spacial score (nSPS) is 10.5. The van der Waals surface area contributed by atoms with Crippen LogP contribution < -0.4 is 16.6 Å². The molecule has 8 nitrogen and oxygen atoms in total. The zero-order chi connectivity index (χ0) is 24.1. The average molecular weight is 444 g/mol. The first-order chi connectivity index (χ1) is 15.9. The summed E-state index contributed by atoms with van der Waals surface area (Å²) in [7, 11) is 0. The number of benzene rings is 1. The van der Waals surface area contributed by atoms with Gasteiger partial charge in [-0.1, -0.05) is 32.0 Å². The number of nitrogens with two attached hydrogens (primary N) is 1. The molecular weight excluding hydrogens is 414 g/mol. The summed E-state index contributed by atoms with van der Waals surface area (Å²) in [5, 5.41) is 12.8. The summed E-state index contributed by atoms with van der Waals surface area (Å²) in [5.74, 6) is 0.686. The van der Waals surface area contributed by atoms with Crippen LogP contribution >= 0.6 is 0 Å². The highest BCUT2D eigenvalue weighted by Crippen LogP contribution is 2.22. The van der Waals surface area contributed by atoms with E-state index in [1.54, 1.807) is 23.9 Å². The molecule has 0 saturated carbocycles. The molecule has 0 atom stereocenters. The third-order valence-corrected chi connectivity index (χ3v) is 5.27. The Kier molecular flexibility index (Phi) is 7.17. The van der Waals surface area contributed by atoms with Gasteiger partial charge in [0.05, 0.1) is 29.4 Å². The minimum atomic E-state index is -0.103. The SMILES string of the molecule is CC.CC(=N)c1c(N)ncnc1NCc1cc2cccc(C)c2c(=O)n1-c1cnccc1C. The molecule has 0 amide bonds. The van der Waals surface area contributed by atoms with Crippen molar-refractivity contribution in [3.05, 3.63) is 81.8 Å². The summed E-state index contributed by atoms with van der Waals surface area (Å²) in [6, 6.07) is 9.68. The topological polar surface area (TPSA) is 123 Å². The van der Waals surface area contributed by atoms with Gasteiger partial charge in [-0.15, -0.1) is 0 Å². The monoisotopic (exact) mass is 443 g/mol. The Hall–Kier alpha value is -4.07. The van der Waals surface area contributed by atoms with Crippen molar-refractivity contribution in [2.75, 3.05) is 11.1 Å². The fourth-order valence-corrected chi connectivity index (χ4v) is 3.75. The van der Waals surface area contributed by atoms with Crippen LogP contribution in [-0.2, 0) is 6.54 Å². The second-order valence-electron chi connectivity index (χ2n) is 7.44. The number of aromatic nitrogens is 4. The molecule has 1 aromatic carbocycles. The number of nitrogens with one attached hydrogen (secondary N) is 2. The number of nitrogen functional groups attached to an aromatic ring is 1. The van der Waals surface area contributed by atoms with E-state index < -0.39 is 0 Å². The van der Waals surface area contributed by atoms with Gasteiger partial charge in [-0.25, -0.2) is 9.97 Å². The third kappa shape index (κ3) is 4.59. The van der Waals surface area contributed by atoms with E-state index in [9.17, 15) is 4.79 Å². The smallest absolute Gasteiger partial charge is 0.263 e. The molecule has 3 heterocycles. The van der Waals surface area contributed by atoms with Gasteiger partial charge in [0.2, 0.25) is 0 Å². The third-order valence-electron chi connectivity index (χ3n) is 5.27. The predicted molar refractivity (Wildman–Crippen MR) is 134 cm³/mol. The van der Waals surface area contributed by atoms with Crippen LogP contribution in [0.4, 0.5) is 11.6 Å². The molecule has 0 saturated heterocycles. The summed E-state index contributed by atoms with van der Waals surface area (Å²) in [4.78, 5) is 26.1. The van der Waals surface area contributed by atoms with Crippen molar-refractivity contribution < 1.29 is 0 Å². The Labute approximate surface area is 193 Å². The maximum Gasteiger partial charge on any atom is 0.263 e. The number of fused-ring (bicyclic) bond motifs is 1. The van der Waals surface area contributed by atoms with Gasteiger partial charge in [-0.2, -0.15) is 0 Å². The van der Waals surface area contributed by atoms with E-state index in [0.29, 0.717) is 23.3 Å². The van der Waals surface area contributed by atoms with Crippen LogP contribution in [0.15, 0.2) is 53.8 Å². The number of nitrogens with zero attached hydrogens (tertiary/aromatic N) is 4. The molecule has 0 fully saturated rings. The quantitative estimate of drug-likeness (QED) is 0.393. The summed E-state index contributed by atoms with van der Waals surface area (Å²) in [6.07, 6.45) is 4.75. The van der Waals surface area contributed by atoms with Crippen molar-refractivity contribution in [3.63, 3.8) is 0 Å². The number of rotatable bonds is 5. The Morgan fingerprint density at radius 1 is 1.15 bits per heavy atom. The molecule has 0 radical (unpaired) electrons. The van der Waals surface area contributed by atoms with E-state index in [0.717, 1.165) is 27.9 Å². The number of aryl methyl sites for hydroxylation is 2. The maximum atomic E-state index is 13.6. The van der Waals surface area contributed by atoms with Gasteiger partial charge in [0.15, 0.2) is 0 Å². The molecule has 170 valence electrons. The van der Waals surface area contributed by atoms with Gasteiger partial charge >= 0.3 is 0 Å². The van der Waals surface area contributed by atoms with Gasteiger partial charge in [-0.05, 0) is 49.4 Å².